The van der Waals surface area contributed by atoms with Crippen molar-refractivity contribution in [3.05, 3.63) is 12.2 Å². The normalized spacial score (nSPS) is 27.9. The molecule has 0 amide bonds. The van der Waals surface area contributed by atoms with Gasteiger partial charge in [0.25, 0.3) is 0 Å². The lowest BCUT2D eigenvalue weighted by Gasteiger charge is -2.33. The van der Waals surface area contributed by atoms with Gasteiger partial charge in [-0.25, -0.2) is 0 Å². The number of hydrogen-bond donors (Lipinski definition) is 1. The van der Waals surface area contributed by atoms with Gasteiger partial charge in [-0.2, -0.15) is 0 Å². The van der Waals surface area contributed by atoms with Crippen molar-refractivity contribution < 1.29 is 4.74 Å². The van der Waals surface area contributed by atoms with Crippen LogP contribution in [0.4, 0.5) is 0 Å². The molecule has 1 saturated carbocycles. The summed E-state index contributed by atoms with van der Waals surface area (Å²) in [7, 11) is 0. The van der Waals surface area contributed by atoms with Crippen molar-refractivity contribution in [1.29, 1.82) is 0 Å². The van der Waals surface area contributed by atoms with E-state index in [9.17, 15) is 0 Å². The van der Waals surface area contributed by atoms with Crippen molar-refractivity contribution >= 4 is 0 Å². The second-order valence-electron chi connectivity index (χ2n) is 4.80. The van der Waals surface area contributed by atoms with Crippen LogP contribution < -0.4 is 5.32 Å². The minimum atomic E-state index is 0.538. The van der Waals surface area contributed by atoms with Crippen LogP contribution in [0.2, 0.25) is 0 Å². The van der Waals surface area contributed by atoms with Gasteiger partial charge in [-0.3, -0.25) is 4.90 Å². The van der Waals surface area contributed by atoms with Crippen LogP contribution in [0.5, 0.6) is 0 Å². The molecule has 1 heterocycles. The van der Waals surface area contributed by atoms with Crippen molar-refractivity contribution in [2.24, 2.45) is 0 Å². The van der Waals surface area contributed by atoms with Gasteiger partial charge in [-0.15, -0.1) is 0 Å². The van der Waals surface area contributed by atoms with Crippen LogP contribution in [0.15, 0.2) is 12.2 Å². The van der Waals surface area contributed by atoms with E-state index >= 15 is 0 Å². The average molecular weight is 210 g/mol. The maximum Gasteiger partial charge on any atom is 0.0619 e. The van der Waals surface area contributed by atoms with E-state index in [0.717, 1.165) is 38.9 Å². The number of nitrogens with one attached hydrogen (secondary N) is 1. The van der Waals surface area contributed by atoms with Crippen LogP contribution in [-0.2, 0) is 4.74 Å². The summed E-state index contributed by atoms with van der Waals surface area (Å²) in [6.07, 6.45) is 2.70. The third-order valence-corrected chi connectivity index (χ3v) is 3.15. The highest BCUT2D eigenvalue weighted by Gasteiger charge is 2.22. The lowest BCUT2D eigenvalue weighted by molar-refractivity contribution is 0.00420. The number of morpholine rings is 1. The Bertz CT molecular complexity index is 226. The largest absolute Gasteiger partial charge is 0.379 e. The first-order valence-corrected chi connectivity index (χ1v) is 5.97. The molecule has 2 aliphatic rings. The van der Waals surface area contributed by atoms with Crippen LogP contribution >= 0.6 is 0 Å². The van der Waals surface area contributed by atoms with Crippen molar-refractivity contribution in [2.75, 3.05) is 32.8 Å². The Kier molecular flexibility index (Phi) is 3.78. The molecule has 1 atom stereocenters. The van der Waals surface area contributed by atoms with Gasteiger partial charge in [0.05, 0.1) is 13.2 Å². The molecule has 0 radical (unpaired) electrons. The standard InChI is InChI=1S/C12H22N2O/c1-10(7-13-12-3-4-12)8-14-5-6-15-9-11(14)2/h11-13H,1,3-9H2,2H3. The monoisotopic (exact) mass is 210 g/mol. The molecule has 1 saturated heterocycles. The molecule has 0 aromatic heterocycles. The molecule has 3 heteroatoms. The van der Waals surface area contributed by atoms with Crippen molar-refractivity contribution in [1.82, 2.24) is 10.2 Å². The first kappa shape index (κ1) is 11.1. The molecule has 1 aliphatic carbocycles. The zero-order chi connectivity index (χ0) is 10.7. The Labute approximate surface area is 92.5 Å². The highest BCUT2D eigenvalue weighted by Crippen LogP contribution is 2.18. The molecule has 86 valence electrons. The van der Waals surface area contributed by atoms with Gasteiger partial charge in [0, 0.05) is 31.7 Å². The molecule has 0 aromatic carbocycles. The molecular weight excluding hydrogens is 188 g/mol. The zero-order valence-electron chi connectivity index (χ0n) is 9.67. The van der Waals surface area contributed by atoms with E-state index < -0.39 is 0 Å². The summed E-state index contributed by atoms with van der Waals surface area (Å²) in [5, 5.41) is 3.50. The molecular formula is C12H22N2O. The van der Waals surface area contributed by atoms with Crippen LogP contribution in [0, 0.1) is 0 Å². The molecule has 2 rings (SSSR count). The van der Waals surface area contributed by atoms with Crippen molar-refractivity contribution in [3.8, 4) is 0 Å². The Balaban J connectivity index is 1.66. The number of ether oxygens (including phenoxy) is 1. The summed E-state index contributed by atoms with van der Waals surface area (Å²) in [6.45, 7) is 11.1. The van der Waals surface area contributed by atoms with Gasteiger partial charge in [-0.1, -0.05) is 6.58 Å². The molecule has 3 nitrogen and oxygen atoms in total. The molecule has 1 N–H and O–H groups in total. The molecule has 0 spiro atoms. The van der Waals surface area contributed by atoms with Gasteiger partial charge in [0.1, 0.15) is 0 Å². The van der Waals surface area contributed by atoms with E-state index in [1.807, 2.05) is 0 Å². The van der Waals surface area contributed by atoms with E-state index in [1.165, 1.54) is 18.4 Å². The van der Waals surface area contributed by atoms with Gasteiger partial charge >= 0.3 is 0 Å². The number of nitrogens with zero attached hydrogens (tertiary/aromatic N) is 1. The first-order valence-electron chi connectivity index (χ1n) is 5.97. The smallest absolute Gasteiger partial charge is 0.0619 e. The Morgan fingerprint density at radius 3 is 3.00 bits per heavy atom. The minimum Gasteiger partial charge on any atom is -0.379 e. The van der Waals surface area contributed by atoms with Crippen LogP contribution in [0.25, 0.3) is 0 Å². The third kappa shape index (κ3) is 3.59. The van der Waals surface area contributed by atoms with Gasteiger partial charge in [-0.05, 0) is 25.3 Å². The molecule has 15 heavy (non-hydrogen) atoms. The second kappa shape index (κ2) is 5.10. The summed E-state index contributed by atoms with van der Waals surface area (Å²) in [4.78, 5) is 2.46. The van der Waals surface area contributed by atoms with Crippen LogP contribution in [0.3, 0.4) is 0 Å². The summed E-state index contributed by atoms with van der Waals surface area (Å²) in [5.74, 6) is 0. The van der Waals surface area contributed by atoms with E-state index in [0.29, 0.717) is 6.04 Å². The maximum atomic E-state index is 5.41. The summed E-state index contributed by atoms with van der Waals surface area (Å²) < 4.78 is 5.41. The van der Waals surface area contributed by atoms with E-state index in [2.05, 4.69) is 23.7 Å². The zero-order valence-corrected chi connectivity index (χ0v) is 9.67. The van der Waals surface area contributed by atoms with Gasteiger partial charge < -0.3 is 10.1 Å². The highest BCUT2D eigenvalue weighted by atomic mass is 16.5. The SMILES string of the molecule is C=C(CNC1CC1)CN1CCOCC1C. The molecule has 1 aliphatic heterocycles. The topological polar surface area (TPSA) is 24.5 Å². The molecule has 2 fully saturated rings. The fraction of sp³-hybridized carbons (Fsp3) is 0.833. The number of rotatable bonds is 5. The molecule has 1 unspecified atom stereocenters. The predicted octanol–water partition coefficient (Wildman–Crippen LogP) is 1.02. The van der Waals surface area contributed by atoms with Crippen LogP contribution in [0.1, 0.15) is 19.8 Å². The lowest BCUT2D eigenvalue weighted by Crippen LogP contribution is -2.45. The second-order valence-corrected chi connectivity index (χ2v) is 4.80. The number of hydrogen-bond acceptors (Lipinski definition) is 3. The van der Waals surface area contributed by atoms with E-state index in [1.54, 1.807) is 0 Å². The highest BCUT2D eigenvalue weighted by molar-refractivity contribution is 5.02. The predicted molar refractivity (Wildman–Crippen MR) is 62.0 cm³/mol. The quantitative estimate of drug-likeness (QED) is 0.686. The first-order chi connectivity index (χ1) is 7.25. The minimum absolute atomic E-state index is 0.538. The molecule has 0 bridgehead atoms. The van der Waals surface area contributed by atoms with Crippen molar-refractivity contribution in [3.63, 3.8) is 0 Å². The Morgan fingerprint density at radius 2 is 2.33 bits per heavy atom. The Morgan fingerprint density at radius 1 is 1.53 bits per heavy atom. The summed E-state index contributed by atoms with van der Waals surface area (Å²) in [5.41, 5.74) is 1.30. The average Bonchev–Trinajstić information content (AvgIpc) is 3.02. The van der Waals surface area contributed by atoms with Gasteiger partial charge in [0.15, 0.2) is 0 Å². The fourth-order valence-electron chi connectivity index (χ4n) is 1.92. The van der Waals surface area contributed by atoms with Crippen LogP contribution in [-0.4, -0.2) is 49.8 Å². The van der Waals surface area contributed by atoms with Gasteiger partial charge in [0.2, 0.25) is 0 Å². The molecule has 0 aromatic rings. The summed E-state index contributed by atoms with van der Waals surface area (Å²) in [6, 6.07) is 1.32. The Hall–Kier alpha value is -0.380. The fourth-order valence-corrected chi connectivity index (χ4v) is 1.92. The lowest BCUT2D eigenvalue weighted by atomic mass is 10.2. The maximum absolute atomic E-state index is 5.41. The van der Waals surface area contributed by atoms with E-state index in [4.69, 9.17) is 4.74 Å². The van der Waals surface area contributed by atoms with Crippen molar-refractivity contribution in [2.45, 2.75) is 31.8 Å². The summed E-state index contributed by atoms with van der Waals surface area (Å²) >= 11 is 0. The third-order valence-electron chi connectivity index (χ3n) is 3.15. The van der Waals surface area contributed by atoms with E-state index in [-0.39, 0.29) is 0 Å².